The van der Waals surface area contributed by atoms with Gasteiger partial charge in [-0.1, -0.05) is 11.8 Å². The van der Waals surface area contributed by atoms with Crippen molar-refractivity contribution < 1.29 is 14.6 Å². The van der Waals surface area contributed by atoms with Crippen molar-refractivity contribution in [1.29, 1.82) is 0 Å². The molecule has 0 aliphatic rings. The van der Waals surface area contributed by atoms with Gasteiger partial charge >= 0.3 is 5.97 Å². The molecule has 2 rings (SSSR count). The van der Waals surface area contributed by atoms with Crippen molar-refractivity contribution in [3.05, 3.63) is 24.0 Å². The summed E-state index contributed by atoms with van der Waals surface area (Å²) in [6.45, 7) is 2.99. The molecule has 0 aliphatic carbocycles. The summed E-state index contributed by atoms with van der Waals surface area (Å²) >= 11 is 1.14. The van der Waals surface area contributed by atoms with E-state index in [1.54, 1.807) is 19.5 Å². The molecule has 0 saturated carbocycles. The third-order valence-corrected chi connectivity index (χ3v) is 3.65. The van der Waals surface area contributed by atoms with Gasteiger partial charge in [0.1, 0.15) is 0 Å². The topological polar surface area (TPSA) is 90.1 Å². The van der Waals surface area contributed by atoms with Crippen molar-refractivity contribution in [1.82, 2.24) is 19.7 Å². The van der Waals surface area contributed by atoms with Gasteiger partial charge in [-0.15, -0.1) is 10.2 Å². The van der Waals surface area contributed by atoms with Crippen LogP contribution in [0.25, 0.3) is 11.4 Å². The van der Waals surface area contributed by atoms with Crippen LogP contribution in [0.1, 0.15) is 5.56 Å². The summed E-state index contributed by atoms with van der Waals surface area (Å²) in [6, 6.07) is 1.96. The molecule has 2 aromatic rings. The zero-order valence-electron chi connectivity index (χ0n) is 11.8. The van der Waals surface area contributed by atoms with Crippen LogP contribution in [0.15, 0.2) is 23.6 Å². The summed E-state index contributed by atoms with van der Waals surface area (Å²) in [5, 5.41) is 17.6. The molecule has 0 bridgehead atoms. The summed E-state index contributed by atoms with van der Waals surface area (Å²) in [5.74, 6) is -0.284. The van der Waals surface area contributed by atoms with E-state index in [2.05, 4.69) is 15.2 Å². The molecule has 8 heteroatoms. The maximum atomic E-state index is 10.7. The molecule has 0 aromatic carbocycles. The number of carboxylic acid groups (broad SMARTS) is 1. The molecule has 0 fully saturated rings. The van der Waals surface area contributed by atoms with Gasteiger partial charge in [-0.2, -0.15) is 0 Å². The number of aromatic nitrogens is 4. The van der Waals surface area contributed by atoms with Gasteiger partial charge in [0.05, 0.1) is 18.9 Å². The smallest absolute Gasteiger partial charge is 0.313 e. The molecule has 0 spiro atoms. The minimum atomic E-state index is -0.889. The number of ether oxygens (including phenoxy) is 1. The van der Waals surface area contributed by atoms with Crippen molar-refractivity contribution in [3.8, 4) is 11.4 Å². The molecule has 0 unspecified atom stereocenters. The minimum Gasteiger partial charge on any atom is -0.481 e. The third kappa shape index (κ3) is 4.02. The Balaban J connectivity index is 2.33. The number of methoxy groups -OCH3 is 1. The van der Waals surface area contributed by atoms with Crippen LogP contribution in [0, 0.1) is 6.92 Å². The standard InChI is InChI=1S/C13H16N4O3S/c1-9-5-10(7-14-6-9)12-15-16-13(21-8-11(18)19)17(12)3-4-20-2/h5-7H,3-4,8H2,1-2H3,(H,18,19). The Morgan fingerprint density at radius 2 is 2.24 bits per heavy atom. The molecule has 0 amide bonds. The fourth-order valence-corrected chi connectivity index (χ4v) is 2.48. The Morgan fingerprint density at radius 1 is 1.43 bits per heavy atom. The first kappa shape index (κ1) is 15.5. The van der Waals surface area contributed by atoms with Crippen LogP contribution in [-0.2, 0) is 16.1 Å². The molecular weight excluding hydrogens is 292 g/mol. The summed E-state index contributed by atoms with van der Waals surface area (Å²) in [6.07, 6.45) is 3.48. The molecule has 112 valence electrons. The van der Waals surface area contributed by atoms with Crippen LogP contribution in [0.4, 0.5) is 0 Å². The molecule has 2 heterocycles. The lowest BCUT2D eigenvalue weighted by atomic mass is 10.2. The number of hydrogen-bond donors (Lipinski definition) is 1. The van der Waals surface area contributed by atoms with Crippen LogP contribution < -0.4 is 0 Å². The minimum absolute atomic E-state index is 0.0584. The maximum Gasteiger partial charge on any atom is 0.313 e. The lowest BCUT2D eigenvalue weighted by Gasteiger charge is -2.09. The molecule has 0 saturated heterocycles. The van der Waals surface area contributed by atoms with Crippen LogP contribution in [0.3, 0.4) is 0 Å². The maximum absolute atomic E-state index is 10.7. The summed E-state index contributed by atoms with van der Waals surface area (Å²) in [5.41, 5.74) is 1.87. The quantitative estimate of drug-likeness (QED) is 0.775. The number of aliphatic carboxylic acids is 1. The first-order valence-corrected chi connectivity index (χ1v) is 7.29. The first-order valence-electron chi connectivity index (χ1n) is 6.30. The molecule has 21 heavy (non-hydrogen) atoms. The van der Waals surface area contributed by atoms with Crippen LogP contribution in [0.5, 0.6) is 0 Å². The number of thioether (sulfide) groups is 1. The third-order valence-electron chi connectivity index (χ3n) is 2.69. The van der Waals surface area contributed by atoms with Crippen molar-refractivity contribution in [2.24, 2.45) is 0 Å². The van der Waals surface area contributed by atoms with Crippen molar-refractivity contribution in [3.63, 3.8) is 0 Å². The first-order chi connectivity index (χ1) is 10.1. The summed E-state index contributed by atoms with van der Waals surface area (Å²) in [4.78, 5) is 14.9. The molecule has 0 aliphatic heterocycles. The Bertz CT molecular complexity index is 630. The molecule has 7 nitrogen and oxygen atoms in total. The highest BCUT2D eigenvalue weighted by Crippen LogP contribution is 2.23. The van der Waals surface area contributed by atoms with Gasteiger partial charge in [0, 0.05) is 25.1 Å². The van der Waals surface area contributed by atoms with E-state index in [1.165, 1.54) is 0 Å². The molecule has 1 N–H and O–H groups in total. The van der Waals surface area contributed by atoms with Gasteiger partial charge in [0.15, 0.2) is 11.0 Å². The van der Waals surface area contributed by atoms with Crippen molar-refractivity contribution >= 4 is 17.7 Å². The highest BCUT2D eigenvalue weighted by molar-refractivity contribution is 7.99. The van der Waals surface area contributed by atoms with Gasteiger partial charge in [-0.25, -0.2) is 0 Å². The van der Waals surface area contributed by atoms with Gasteiger partial charge in [-0.05, 0) is 18.6 Å². The van der Waals surface area contributed by atoms with E-state index < -0.39 is 5.97 Å². The number of hydrogen-bond acceptors (Lipinski definition) is 6. The SMILES string of the molecule is COCCn1c(SCC(=O)O)nnc1-c1cncc(C)c1. The highest BCUT2D eigenvalue weighted by Gasteiger charge is 2.15. The average Bonchev–Trinajstić information content (AvgIpc) is 2.85. The van der Waals surface area contributed by atoms with Crippen LogP contribution >= 0.6 is 11.8 Å². The van der Waals surface area contributed by atoms with Crippen LogP contribution in [0.2, 0.25) is 0 Å². The molecule has 0 radical (unpaired) electrons. The summed E-state index contributed by atoms with van der Waals surface area (Å²) in [7, 11) is 1.61. The number of nitrogens with zero attached hydrogens (tertiary/aromatic N) is 4. The van der Waals surface area contributed by atoms with Gasteiger partial charge in [0.25, 0.3) is 0 Å². The number of carboxylic acids is 1. The zero-order chi connectivity index (χ0) is 15.2. The Labute approximate surface area is 126 Å². The van der Waals surface area contributed by atoms with E-state index in [0.29, 0.717) is 24.1 Å². The van der Waals surface area contributed by atoms with Gasteiger partial charge in [0.2, 0.25) is 0 Å². The zero-order valence-corrected chi connectivity index (χ0v) is 12.6. The van der Waals surface area contributed by atoms with E-state index in [1.807, 2.05) is 17.6 Å². The fourth-order valence-electron chi connectivity index (χ4n) is 1.80. The normalized spacial score (nSPS) is 10.8. The van der Waals surface area contributed by atoms with E-state index >= 15 is 0 Å². The average molecular weight is 308 g/mol. The summed E-state index contributed by atoms with van der Waals surface area (Å²) < 4.78 is 6.95. The van der Waals surface area contributed by atoms with Crippen molar-refractivity contribution in [2.75, 3.05) is 19.5 Å². The van der Waals surface area contributed by atoms with Crippen LogP contribution in [-0.4, -0.2) is 50.3 Å². The second kappa shape index (κ2) is 7.19. The monoisotopic (exact) mass is 308 g/mol. The van der Waals surface area contributed by atoms with Crippen molar-refractivity contribution in [2.45, 2.75) is 18.6 Å². The second-order valence-electron chi connectivity index (χ2n) is 4.38. The molecule has 2 aromatic heterocycles. The number of aryl methyl sites for hydroxylation is 1. The van der Waals surface area contributed by atoms with Gasteiger partial charge < -0.3 is 9.84 Å². The van der Waals surface area contributed by atoms with Gasteiger partial charge in [-0.3, -0.25) is 14.3 Å². The Kier molecular flexibility index (Phi) is 5.29. The van der Waals surface area contributed by atoms with E-state index in [9.17, 15) is 4.79 Å². The predicted octanol–water partition coefficient (Wildman–Crippen LogP) is 1.47. The molecule has 0 atom stereocenters. The largest absolute Gasteiger partial charge is 0.481 e. The number of pyridine rings is 1. The Morgan fingerprint density at radius 3 is 2.90 bits per heavy atom. The Hall–Kier alpha value is -1.93. The second-order valence-corrected chi connectivity index (χ2v) is 5.33. The lowest BCUT2D eigenvalue weighted by molar-refractivity contribution is -0.133. The van der Waals surface area contributed by atoms with E-state index in [-0.39, 0.29) is 5.75 Å². The fraction of sp³-hybridized carbons (Fsp3) is 0.385. The highest BCUT2D eigenvalue weighted by atomic mass is 32.2. The lowest BCUT2D eigenvalue weighted by Crippen LogP contribution is -2.09. The molecular formula is C13H16N4O3S. The number of carbonyl (C=O) groups is 1. The number of rotatable bonds is 7. The van der Waals surface area contributed by atoms with E-state index in [4.69, 9.17) is 9.84 Å². The van der Waals surface area contributed by atoms with E-state index in [0.717, 1.165) is 22.9 Å². The predicted molar refractivity (Wildman–Crippen MR) is 78.2 cm³/mol.